The average molecular weight is 969 g/mol. The molecule has 0 atom stereocenters. The molecular weight excluding hydrogens is 901 g/mol. The van der Waals surface area contributed by atoms with Crippen LogP contribution in [0.4, 0.5) is 34.1 Å². The molecule has 4 nitrogen and oxygen atoms in total. The second-order valence-corrected chi connectivity index (χ2v) is 24.3. The molecule has 12 aromatic rings. The summed E-state index contributed by atoms with van der Waals surface area (Å²) in [5, 5.41) is 12.1. The molecule has 10 aromatic carbocycles. The zero-order valence-electron chi connectivity index (χ0n) is 45.3. The van der Waals surface area contributed by atoms with Crippen LogP contribution in [0.3, 0.4) is 0 Å². The molecule has 12 rings (SSSR count). The van der Waals surface area contributed by atoms with Gasteiger partial charge in [-0.3, -0.25) is 0 Å². The molecule has 0 saturated carbocycles. The lowest BCUT2D eigenvalue weighted by Gasteiger charge is -2.31. The number of anilines is 6. The lowest BCUT2D eigenvalue weighted by Crippen LogP contribution is -2.13. The van der Waals surface area contributed by atoms with E-state index >= 15 is 0 Å². The van der Waals surface area contributed by atoms with Crippen LogP contribution < -0.4 is 9.80 Å². The molecular formula is C70H68N2O2. The van der Waals surface area contributed by atoms with Crippen molar-refractivity contribution >= 4 is 110 Å². The third-order valence-electron chi connectivity index (χ3n) is 15.3. The molecule has 0 N–H and O–H groups in total. The topological polar surface area (TPSA) is 32.8 Å². The standard InChI is InChI=1S/C70H68N2O2/c1-41(2)57-37-61(71(47-29-25-43(5)26-30-47)59-23-15-21-53-51-19-13-17-45(39-69(7,8)9)65(51)73-67(53)59)55-36-34-50-58(42(3)4)38-62(56-35-33-49(57)63(55)64(50)56)72(48-31-27-44(6)28-32-48)60-24-16-22-54-52-20-14-18-46(40-70(10,11)12)66(52)74-68(54)60/h13-38,41-42H,39-40H2,1-12H3. The highest BCUT2D eigenvalue weighted by Gasteiger charge is 2.29. The lowest BCUT2D eigenvalue weighted by molar-refractivity contribution is 0.410. The van der Waals surface area contributed by atoms with Gasteiger partial charge in [0.2, 0.25) is 0 Å². The molecule has 0 aliphatic heterocycles. The Labute approximate surface area is 436 Å². The third kappa shape index (κ3) is 7.97. The molecule has 0 aliphatic rings. The number of benzene rings is 10. The van der Waals surface area contributed by atoms with Crippen molar-refractivity contribution in [3.05, 3.63) is 191 Å². The van der Waals surface area contributed by atoms with E-state index in [0.717, 1.165) is 90.8 Å². The van der Waals surface area contributed by atoms with Crippen molar-refractivity contribution in [1.82, 2.24) is 0 Å². The number of hydrogen-bond acceptors (Lipinski definition) is 4. The Kier molecular flexibility index (Phi) is 11.3. The first-order chi connectivity index (χ1) is 35.4. The smallest absolute Gasteiger partial charge is 0.159 e. The van der Waals surface area contributed by atoms with Gasteiger partial charge in [-0.05, 0) is 142 Å². The molecule has 0 radical (unpaired) electrons. The van der Waals surface area contributed by atoms with Gasteiger partial charge in [0, 0.05) is 43.7 Å². The second kappa shape index (κ2) is 17.5. The number of furan rings is 2. The van der Waals surface area contributed by atoms with Gasteiger partial charge in [0.05, 0.1) is 22.7 Å². The maximum atomic E-state index is 7.21. The number of rotatable bonds is 10. The van der Waals surface area contributed by atoms with Crippen LogP contribution in [-0.2, 0) is 12.8 Å². The quantitative estimate of drug-likeness (QED) is 0.128. The minimum absolute atomic E-state index is 0.0994. The predicted octanol–water partition coefficient (Wildman–Crippen LogP) is 21.4. The van der Waals surface area contributed by atoms with Crippen LogP contribution in [0.1, 0.15) is 114 Å². The van der Waals surface area contributed by atoms with E-state index < -0.39 is 0 Å². The van der Waals surface area contributed by atoms with Crippen LogP contribution in [0.25, 0.3) is 76.2 Å². The Balaban J connectivity index is 1.17. The minimum Gasteiger partial charge on any atom is -0.454 e. The van der Waals surface area contributed by atoms with Crippen molar-refractivity contribution in [1.29, 1.82) is 0 Å². The van der Waals surface area contributed by atoms with Gasteiger partial charge in [0.1, 0.15) is 11.2 Å². The van der Waals surface area contributed by atoms with E-state index in [-0.39, 0.29) is 22.7 Å². The highest BCUT2D eigenvalue weighted by molar-refractivity contribution is 6.30. The zero-order valence-corrected chi connectivity index (χ0v) is 45.3. The van der Waals surface area contributed by atoms with Gasteiger partial charge in [-0.1, -0.05) is 190 Å². The van der Waals surface area contributed by atoms with Crippen LogP contribution in [-0.4, -0.2) is 0 Å². The van der Waals surface area contributed by atoms with Crippen molar-refractivity contribution in [2.45, 2.75) is 108 Å². The van der Waals surface area contributed by atoms with E-state index in [4.69, 9.17) is 8.83 Å². The van der Waals surface area contributed by atoms with Crippen molar-refractivity contribution in [2.75, 3.05) is 9.80 Å². The van der Waals surface area contributed by atoms with Gasteiger partial charge in [-0.25, -0.2) is 0 Å². The van der Waals surface area contributed by atoms with Gasteiger partial charge >= 0.3 is 0 Å². The summed E-state index contributed by atoms with van der Waals surface area (Å²) >= 11 is 0. The SMILES string of the molecule is Cc1ccc(N(c2cc(C(C)C)c3ccc4c(N(c5ccc(C)cc5)c5cccc6c5oc5c(CC(C)(C)C)cccc56)cc(C(C)C)c5ccc2c3c54)c2cccc3c2oc2c(CC(C)(C)C)cccc23)cc1. The van der Waals surface area contributed by atoms with Crippen LogP contribution >= 0.6 is 0 Å². The van der Waals surface area contributed by atoms with Crippen LogP contribution in [0.5, 0.6) is 0 Å². The molecule has 370 valence electrons. The third-order valence-corrected chi connectivity index (χ3v) is 15.3. The van der Waals surface area contributed by atoms with Gasteiger partial charge in [-0.2, -0.15) is 0 Å². The number of para-hydroxylation sites is 4. The monoisotopic (exact) mass is 969 g/mol. The Morgan fingerprint density at radius 1 is 0.365 bits per heavy atom. The first-order valence-corrected chi connectivity index (χ1v) is 26.8. The number of nitrogens with zero attached hydrogens (tertiary/aromatic N) is 2. The Bertz CT molecular complexity index is 3840. The van der Waals surface area contributed by atoms with Crippen molar-refractivity contribution in [3.8, 4) is 0 Å². The van der Waals surface area contributed by atoms with Crippen molar-refractivity contribution in [2.24, 2.45) is 10.8 Å². The summed E-state index contributed by atoms with van der Waals surface area (Å²) in [7, 11) is 0. The summed E-state index contributed by atoms with van der Waals surface area (Å²) in [5.41, 5.74) is 18.0. The van der Waals surface area contributed by atoms with Crippen LogP contribution in [0.15, 0.2) is 167 Å². The zero-order chi connectivity index (χ0) is 51.5. The summed E-state index contributed by atoms with van der Waals surface area (Å²) in [4.78, 5) is 4.95. The fraction of sp³-hybridized carbons (Fsp3) is 0.257. The van der Waals surface area contributed by atoms with E-state index in [0.29, 0.717) is 0 Å². The summed E-state index contributed by atoms with van der Waals surface area (Å²) in [6, 6.07) is 59.3. The molecule has 0 amide bonds. The average Bonchev–Trinajstić information content (AvgIpc) is 3.95. The van der Waals surface area contributed by atoms with Crippen LogP contribution in [0.2, 0.25) is 0 Å². The van der Waals surface area contributed by atoms with Crippen molar-refractivity contribution < 1.29 is 8.83 Å². The summed E-state index contributed by atoms with van der Waals surface area (Å²) < 4.78 is 14.4. The normalized spacial score (nSPS) is 12.7. The van der Waals surface area contributed by atoms with E-state index in [2.05, 4.69) is 251 Å². The fourth-order valence-corrected chi connectivity index (χ4v) is 12.0. The highest BCUT2D eigenvalue weighted by Crippen LogP contribution is 2.53. The lowest BCUT2D eigenvalue weighted by atomic mass is 9.84. The molecule has 0 aliphatic carbocycles. The molecule has 74 heavy (non-hydrogen) atoms. The molecule has 2 heterocycles. The van der Waals surface area contributed by atoms with Gasteiger partial charge < -0.3 is 18.6 Å². The van der Waals surface area contributed by atoms with E-state index in [1.807, 2.05) is 0 Å². The van der Waals surface area contributed by atoms with Gasteiger partial charge in [-0.15, -0.1) is 0 Å². The maximum absolute atomic E-state index is 7.21. The number of fused-ring (bicyclic) bond motifs is 6. The Morgan fingerprint density at radius 2 is 0.703 bits per heavy atom. The molecule has 4 heteroatoms. The largest absolute Gasteiger partial charge is 0.454 e. The molecule has 0 unspecified atom stereocenters. The minimum atomic E-state index is 0.0994. The number of hydrogen-bond donors (Lipinski definition) is 0. The van der Waals surface area contributed by atoms with E-state index in [1.54, 1.807) is 0 Å². The summed E-state index contributed by atoms with van der Waals surface area (Å²) in [6.45, 7) is 27.5. The maximum Gasteiger partial charge on any atom is 0.159 e. The first kappa shape index (κ1) is 47.4. The van der Waals surface area contributed by atoms with E-state index in [9.17, 15) is 0 Å². The van der Waals surface area contributed by atoms with Crippen molar-refractivity contribution in [3.63, 3.8) is 0 Å². The molecule has 0 saturated heterocycles. The highest BCUT2D eigenvalue weighted by atomic mass is 16.3. The predicted molar refractivity (Wildman–Crippen MR) is 318 cm³/mol. The Morgan fingerprint density at radius 3 is 1.05 bits per heavy atom. The van der Waals surface area contributed by atoms with Gasteiger partial charge in [0.25, 0.3) is 0 Å². The van der Waals surface area contributed by atoms with Crippen LogP contribution in [0, 0.1) is 24.7 Å². The van der Waals surface area contributed by atoms with Gasteiger partial charge in [0.15, 0.2) is 11.2 Å². The molecule has 0 spiro atoms. The summed E-state index contributed by atoms with van der Waals surface area (Å²) in [5.74, 6) is 0.476. The molecule has 2 aromatic heterocycles. The first-order valence-electron chi connectivity index (χ1n) is 26.8. The Hall–Kier alpha value is -7.56. The molecule has 0 fully saturated rings. The van der Waals surface area contributed by atoms with E-state index in [1.165, 1.54) is 65.7 Å². The fourth-order valence-electron chi connectivity index (χ4n) is 12.0. The second-order valence-electron chi connectivity index (χ2n) is 24.3. The molecule has 0 bridgehead atoms. The summed E-state index contributed by atoms with van der Waals surface area (Å²) in [6.07, 6.45) is 1.84. The number of aryl methyl sites for hydroxylation is 2.